The first-order valence-corrected chi connectivity index (χ1v) is 7.35. The van der Waals surface area contributed by atoms with Crippen LogP contribution in [0.15, 0.2) is 18.2 Å². The Morgan fingerprint density at radius 1 is 1.35 bits per heavy atom. The van der Waals surface area contributed by atoms with Crippen molar-refractivity contribution in [2.45, 2.75) is 32.9 Å². The summed E-state index contributed by atoms with van der Waals surface area (Å²) in [4.78, 5) is 22.1. The minimum absolute atomic E-state index is 0.0389. The van der Waals surface area contributed by atoms with Crippen LogP contribution < -0.4 is 0 Å². The first-order valence-electron chi connectivity index (χ1n) is 6.97. The number of hydrogen-bond donors (Lipinski definition) is 0. The molecule has 1 aromatic carbocycles. The van der Waals surface area contributed by atoms with Crippen LogP contribution in [0.1, 0.15) is 31.3 Å². The summed E-state index contributed by atoms with van der Waals surface area (Å²) in [6.07, 6.45) is 0.691. The molecule has 1 heterocycles. The van der Waals surface area contributed by atoms with Crippen molar-refractivity contribution < 1.29 is 19.1 Å². The zero-order chi connectivity index (χ0) is 17.6. The highest BCUT2D eigenvalue weighted by Crippen LogP contribution is 2.26. The predicted molar refractivity (Wildman–Crippen MR) is 88.9 cm³/mol. The zero-order valence-electron chi connectivity index (χ0n) is 13.9. The third kappa shape index (κ3) is 5.04. The fourth-order valence-electron chi connectivity index (χ4n) is 1.64. The molecule has 2 rings (SSSR count). The van der Waals surface area contributed by atoms with E-state index in [1.54, 1.807) is 25.3 Å². The lowest BCUT2D eigenvalue weighted by molar-refractivity contribution is -0.108. The highest BCUT2D eigenvalue weighted by molar-refractivity contribution is 6.35. The Balaban J connectivity index is 0.000000379. The monoisotopic (exact) mass is 340 g/mol. The molecule has 0 fully saturated rings. The van der Waals surface area contributed by atoms with Gasteiger partial charge in [0.05, 0.1) is 29.8 Å². The van der Waals surface area contributed by atoms with E-state index in [0.717, 1.165) is 0 Å². The number of methoxy groups -OCH3 is 2. The standard InChI is InChI=1S/C11H9ClN2O3.C5H12O/c1-17-11(16)9-7-3-2-4-8(12)10(7)14(13-9)5-6-15;1-5(2,3)6-4/h2-4,6H,5H2,1H3;1-4H3. The van der Waals surface area contributed by atoms with Crippen LogP contribution in [-0.4, -0.2) is 41.9 Å². The van der Waals surface area contributed by atoms with Crippen molar-refractivity contribution in [3.05, 3.63) is 28.9 Å². The molecule has 0 radical (unpaired) electrons. The fourth-order valence-corrected chi connectivity index (χ4v) is 1.92. The Kier molecular flexibility index (Phi) is 6.72. The Labute approximate surface area is 140 Å². The molecule has 0 aliphatic heterocycles. The lowest BCUT2D eigenvalue weighted by Crippen LogP contribution is -2.15. The van der Waals surface area contributed by atoms with Gasteiger partial charge >= 0.3 is 5.97 Å². The zero-order valence-corrected chi connectivity index (χ0v) is 14.7. The summed E-state index contributed by atoms with van der Waals surface area (Å²) in [5.74, 6) is -0.554. The number of carbonyl (C=O) groups is 2. The summed E-state index contributed by atoms with van der Waals surface area (Å²) in [6.45, 7) is 6.10. The second-order valence-corrected chi connectivity index (χ2v) is 6.05. The molecule has 1 aromatic heterocycles. The van der Waals surface area contributed by atoms with Crippen LogP contribution in [0.4, 0.5) is 0 Å². The molecule has 2 aromatic rings. The normalized spacial score (nSPS) is 10.9. The summed E-state index contributed by atoms with van der Waals surface area (Å²) in [5.41, 5.74) is 0.758. The summed E-state index contributed by atoms with van der Waals surface area (Å²) in [5, 5.41) is 5.05. The van der Waals surface area contributed by atoms with Gasteiger partial charge in [0.25, 0.3) is 0 Å². The van der Waals surface area contributed by atoms with E-state index in [1.807, 2.05) is 20.8 Å². The number of hydrogen-bond acceptors (Lipinski definition) is 5. The number of halogens is 1. The summed E-state index contributed by atoms with van der Waals surface area (Å²) >= 11 is 6.03. The Morgan fingerprint density at radius 2 is 1.96 bits per heavy atom. The number of nitrogens with zero attached hydrogens (tertiary/aromatic N) is 2. The van der Waals surface area contributed by atoms with Crippen molar-refractivity contribution >= 4 is 34.8 Å². The number of rotatable bonds is 3. The van der Waals surface area contributed by atoms with Crippen molar-refractivity contribution in [3.63, 3.8) is 0 Å². The van der Waals surface area contributed by atoms with E-state index in [2.05, 4.69) is 9.84 Å². The van der Waals surface area contributed by atoms with Gasteiger partial charge in [-0.3, -0.25) is 4.68 Å². The van der Waals surface area contributed by atoms with Gasteiger partial charge in [0, 0.05) is 12.5 Å². The Morgan fingerprint density at radius 3 is 2.43 bits per heavy atom. The molecule has 6 nitrogen and oxygen atoms in total. The first-order chi connectivity index (χ1) is 10.7. The summed E-state index contributed by atoms with van der Waals surface area (Å²) in [6, 6.07) is 5.10. The van der Waals surface area contributed by atoms with Gasteiger partial charge in [-0.2, -0.15) is 5.10 Å². The van der Waals surface area contributed by atoms with Crippen molar-refractivity contribution in [1.29, 1.82) is 0 Å². The van der Waals surface area contributed by atoms with Crippen LogP contribution in [0, 0.1) is 0 Å². The third-order valence-corrected chi connectivity index (χ3v) is 3.26. The Bertz CT molecular complexity index is 689. The van der Waals surface area contributed by atoms with E-state index >= 15 is 0 Å². The molecule has 7 heteroatoms. The average Bonchev–Trinajstić information content (AvgIpc) is 2.87. The van der Waals surface area contributed by atoms with Crippen LogP contribution in [0.2, 0.25) is 5.02 Å². The van der Waals surface area contributed by atoms with E-state index in [-0.39, 0.29) is 17.8 Å². The number of ether oxygens (including phenoxy) is 2. The van der Waals surface area contributed by atoms with E-state index in [1.165, 1.54) is 11.8 Å². The highest BCUT2D eigenvalue weighted by atomic mass is 35.5. The van der Waals surface area contributed by atoms with Gasteiger partial charge in [-0.15, -0.1) is 0 Å². The maximum Gasteiger partial charge on any atom is 0.359 e. The number of para-hydroxylation sites is 1. The van der Waals surface area contributed by atoms with Crippen molar-refractivity contribution in [2.24, 2.45) is 0 Å². The maximum absolute atomic E-state index is 11.5. The second kappa shape index (κ2) is 8.08. The summed E-state index contributed by atoms with van der Waals surface area (Å²) in [7, 11) is 2.98. The van der Waals surface area contributed by atoms with Gasteiger partial charge in [0.1, 0.15) is 6.29 Å². The molecule has 0 saturated carbocycles. The molecule has 0 aliphatic rings. The first kappa shape index (κ1) is 19.1. The Hall–Kier alpha value is -1.92. The van der Waals surface area contributed by atoms with E-state index < -0.39 is 5.97 Å². The van der Waals surface area contributed by atoms with Gasteiger partial charge in [-0.1, -0.05) is 23.7 Å². The molecule has 0 atom stereocenters. The van der Waals surface area contributed by atoms with Crippen molar-refractivity contribution in [1.82, 2.24) is 9.78 Å². The van der Waals surface area contributed by atoms with E-state index in [9.17, 15) is 9.59 Å². The fraction of sp³-hybridized carbons (Fsp3) is 0.438. The van der Waals surface area contributed by atoms with Crippen LogP contribution in [0.25, 0.3) is 10.9 Å². The van der Waals surface area contributed by atoms with Crippen molar-refractivity contribution in [2.75, 3.05) is 14.2 Å². The molecular weight excluding hydrogens is 320 g/mol. The van der Waals surface area contributed by atoms with Gasteiger partial charge < -0.3 is 14.3 Å². The number of carbonyl (C=O) groups excluding carboxylic acids is 2. The largest absolute Gasteiger partial charge is 0.464 e. The number of aldehydes is 1. The van der Waals surface area contributed by atoms with Gasteiger partial charge in [0.2, 0.25) is 0 Å². The van der Waals surface area contributed by atoms with E-state index in [0.29, 0.717) is 22.2 Å². The topological polar surface area (TPSA) is 70.4 Å². The smallest absolute Gasteiger partial charge is 0.359 e. The van der Waals surface area contributed by atoms with Gasteiger partial charge in [0.15, 0.2) is 5.69 Å². The van der Waals surface area contributed by atoms with Crippen LogP contribution in [0.3, 0.4) is 0 Å². The average molecular weight is 341 g/mol. The lowest BCUT2D eigenvalue weighted by Gasteiger charge is -2.14. The molecule has 0 unspecified atom stereocenters. The molecule has 0 bridgehead atoms. The number of fused-ring (bicyclic) bond motifs is 1. The molecule has 0 spiro atoms. The third-order valence-electron chi connectivity index (χ3n) is 2.96. The number of aromatic nitrogens is 2. The SMILES string of the molecule is COC(=O)c1nn(CC=O)c2c(Cl)cccc12.COC(C)(C)C. The highest BCUT2D eigenvalue weighted by Gasteiger charge is 2.18. The lowest BCUT2D eigenvalue weighted by atomic mass is 10.2. The quantitative estimate of drug-likeness (QED) is 0.634. The number of benzene rings is 1. The molecule has 0 saturated heterocycles. The molecule has 0 amide bonds. The predicted octanol–water partition coefficient (Wildman–Crippen LogP) is 3.11. The molecular formula is C16H21ClN2O4. The maximum atomic E-state index is 11.5. The van der Waals surface area contributed by atoms with Crippen molar-refractivity contribution in [3.8, 4) is 0 Å². The van der Waals surface area contributed by atoms with Crippen LogP contribution in [-0.2, 0) is 20.8 Å². The van der Waals surface area contributed by atoms with E-state index in [4.69, 9.17) is 16.3 Å². The van der Waals surface area contributed by atoms with Gasteiger partial charge in [-0.25, -0.2) is 4.79 Å². The van der Waals surface area contributed by atoms with Crippen LogP contribution >= 0.6 is 11.6 Å². The molecule has 0 N–H and O–H groups in total. The minimum atomic E-state index is -0.554. The summed E-state index contributed by atoms with van der Waals surface area (Å²) < 4.78 is 11.0. The number of esters is 1. The molecule has 126 valence electrons. The molecule has 23 heavy (non-hydrogen) atoms. The molecule has 0 aliphatic carbocycles. The second-order valence-electron chi connectivity index (χ2n) is 5.64. The van der Waals surface area contributed by atoms with Gasteiger partial charge in [-0.05, 0) is 26.8 Å². The minimum Gasteiger partial charge on any atom is -0.464 e. The van der Waals surface area contributed by atoms with Crippen LogP contribution in [0.5, 0.6) is 0 Å².